The lowest BCUT2D eigenvalue weighted by atomic mass is 9.86. The lowest BCUT2D eigenvalue weighted by Gasteiger charge is -2.34. The summed E-state index contributed by atoms with van der Waals surface area (Å²) in [6.45, 7) is 5.60. The van der Waals surface area contributed by atoms with Gasteiger partial charge in [0.05, 0.1) is 0 Å². The zero-order chi connectivity index (χ0) is 17.1. The molecule has 3 atom stereocenters. The summed E-state index contributed by atoms with van der Waals surface area (Å²) in [7, 11) is 0. The van der Waals surface area contributed by atoms with Gasteiger partial charge in [0.15, 0.2) is 0 Å². The number of carbonyl (C=O) groups excluding carboxylic acids is 1. The first-order chi connectivity index (χ1) is 12.3. The molecule has 1 amide bonds. The number of fused-ring (bicyclic) bond motifs is 2. The van der Waals surface area contributed by atoms with E-state index in [2.05, 4.69) is 25.1 Å². The summed E-state index contributed by atoms with van der Waals surface area (Å²) in [5.74, 6) is 3.50. The number of anilines is 1. The fourth-order valence-corrected chi connectivity index (χ4v) is 4.92. The van der Waals surface area contributed by atoms with Gasteiger partial charge in [-0.05, 0) is 43.1 Å². The summed E-state index contributed by atoms with van der Waals surface area (Å²) in [5.41, 5.74) is 0. The first-order valence-corrected chi connectivity index (χ1v) is 9.79. The van der Waals surface area contributed by atoms with E-state index >= 15 is 0 Å². The Hall–Kier alpha value is -1.69. The van der Waals surface area contributed by atoms with Crippen LogP contribution in [0.2, 0.25) is 0 Å². The summed E-state index contributed by atoms with van der Waals surface area (Å²) < 4.78 is 0. The van der Waals surface area contributed by atoms with E-state index in [1.54, 1.807) is 12.4 Å². The number of rotatable bonds is 6. The first kappa shape index (κ1) is 16.8. The Morgan fingerprint density at radius 2 is 1.92 bits per heavy atom. The van der Waals surface area contributed by atoms with Gasteiger partial charge in [0.1, 0.15) is 0 Å². The van der Waals surface area contributed by atoms with Crippen molar-refractivity contribution in [3.8, 4) is 0 Å². The molecular weight excluding hydrogens is 314 g/mol. The molecule has 3 aliphatic rings. The Morgan fingerprint density at radius 3 is 2.60 bits per heavy atom. The maximum atomic E-state index is 12.2. The van der Waals surface area contributed by atoms with Crippen LogP contribution < -0.4 is 10.2 Å². The van der Waals surface area contributed by atoms with Crippen molar-refractivity contribution in [2.75, 3.05) is 44.2 Å². The minimum atomic E-state index is 0.258. The van der Waals surface area contributed by atoms with Gasteiger partial charge in [-0.1, -0.05) is 6.42 Å². The third-order valence-corrected chi connectivity index (χ3v) is 6.29. The highest BCUT2D eigenvalue weighted by Crippen LogP contribution is 2.49. The van der Waals surface area contributed by atoms with Crippen molar-refractivity contribution in [3.63, 3.8) is 0 Å². The van der Waals surface area contributed by atoms with E-state index in [1.165, 1.54) is 25.7 Å². The molecule has 3 fully saturated rings. The number of carbonyl (C=O) groups is 1. The molecule has 136 valence electrons. The molecule has 1 N–H and O–H groups in total. The summed E-state index contributed by atoms with van der Waals surface area (Å²) in [5, 5.41) is 3.14. The highest BCUT2D eigenvalue weighted by molar-refractivity contribution is 5.76. The molecule has 2 heterocycles. The van der Waals surface area contributed by atoms with E-state index in [9.17, 15) is 4.79 Å². The van der Waals surface area contributed by atoms with Crippen molar-refractivity contribution in [3.05, 3.63) is 18.5 Å². The third-order valence-electron chi connectivity index (χ3n) is 6.29. The van der Waals surface area contributed by atoms with E-state index in [-0.39, 0.29) is 5.91 Å². The molecule has 6 nitrogen and oxygen atoms in total. The van der Waals surface area contributed by atoms with Gasteiger partial charge in [-0.3, -0.25) is 9.69 Å². The fourth-order valence-electron chi connectivity index (χ4n) is 4.92. The molecule has 1 aromatic heterocycles. The molecule has 1 aromatic rings. The molecule has 0 radical (unpaired) electrons. The number of amides is 1. The Balaban J connectivity index is 1.12. The summed E-state index contributed by atoms with van der Waals surface area (Å²) in [4.78, 5) is 25.5. The quantitative estimate of drug-likeness (QED) is 0.849. The van der Waals surface area contributed by atoms with Crippen LogP contribution in [0.1, 0.15) is 32.1 Å². The van der Waals surface area contributed by atoms with Crippen molar-refractivity contribution in [2.24, 2.45) is 17.8 Å². The maximum Gasteiger partial charge on any atom is 0.225 e. The second-order valence-electron chi connectivity index (χ2n) is 7.87. The zero-order valence-electron chi connectivity index (χ0n) is 14.9. The van der Waals surface area contributed by atoms with Crippen molar-refractivity contribution in [1.82, 2.24) is 20.2 Å². The van der Waals surface area contributed by atoms with Crippen LogP contribution in [0.4, 0.5) is 5.95 Å². The Kier molecular flexibility index (Phi) is 5.15. The van der Waals surface area contributed by atoms with Gasteiger partial charge in [-0.15, -0.1) is 0 Å². The van der Waals surface area contributed by atoms with E-state index in [1.807, 2.05) is 6.07 Å². The average molecular weight is 343 g/mol. The van der Waals surface area contributed by atoms with E-state index in [0.29, 0.717) is 5.92 Å². The van der Waals surface area contributed by atoms with Crippen molar-refractivity contribution in [2.45, 2.75) is 32.1 Å². The molecule has 1 saturated heterocycles. The van der Waals surface area contributed by atoms with Gasteiger partial charge >= 0.3 is 0 Å². The smallest absolute Gasteiger partial charge is 0.225 e. The molecule has 3 unspecified atom stereocenters. The first-order valence-electron chi connectivity index (χ1n) is 9.79. The molecule has 4 rings (SSSR count). The van der Waals surface area contributed by atoms with Gasteiger partial charge in [0.2, 0.25) is 11.9 Å². The Morgan fingerprint density at radius 1 is 1.12 bits per heavy atom. The third kappa shape index (κ3) is 4.11. The molecule has 0 aromatic carbocycles. The van der Waals surface area contributed by atoms with Crippen molar-refractivity contribution < 1.29 is 4.79 Å². The zero-order valence-corrected chi connectivity index (χ0v) is 14.9. The molecule has 2 aliphatic carbocycles. The number of nitrogens with zero attached hydrogens (tertiary/aromatic N) is 4. The van der Waals surface area contributed by atoms with E-state index in [0.717, 1.165) is 63.5 Å². The van der Waals surface area contributed by atoms with E-state index < -0.39 is 0 Å². The second-order valence-corrected chi connectivity index (χ2v) is 7.87. The SMILES string of the molecule is O=C(CC1CC2CCC1C2)NCCN1CCN(c2ncccn2)CC1. The Labute approximate surface area is 150 Å². The van der Waals surface area contributed by atoms with Crippen LogP contribution >= 0.6 is 0 Å². The highest BCUT2D eigenvalue weighted by Gasteiger charge is 2.40. The molecule has 2 saturated carbocycles. The van der Waals surface area contributed by atoms with Crippen LogP contribution in [0.15, 0.2) is 18.5 Å². The molecule has 2 bridgehead atoms. The van der Waals surface area contributed by atoms with Crippen LogP contribution in [0, 0.1) is 17.8 Å². The topological polar surface area (TPSA) is 61.4 Å². The number of aromatic nitrogens is 2. The highest BCUT2D eigenvalue weighted by atomic mass is 16.1. The van der Waals surface area contributed by atoms with Crippen LogP contribution in [0.25, 0.3) is 0 Å². The van der Waals surface area contributed by atoms with Crippen molar-refractivity contribution in [1.29, 1.82) is 0 Å². The predicted octanol–water partition coefficient (Wildman–Crippen LogP) is 1.54. The summed E-state index contributed by atoms with van der Waals surface area (Å²) >= 11 is 0. The fraction of sp³-hybridized carbons (Fsp3) is 0.737. The van der Waals surface area contributed by atoms with Crippen LogP contribution in [0.5, 0.6) is 0 Å². The molecule has 25 heavy (non-hydrogen) atoms. The lowest BCUT2D eigenvalue weighted by molar-refractivity contribution is -0.122. The lowest BCUT2D eigenvalue weighted by Crippen LogP contribution is -2.49. The largest absolute Gasteiger partial charge is 0.355 e. The van der Waals surface area contributed by atoms with Crippen LogP contribution in [-0.4, -0.2) is 60.0 Å². The number of nitrogens with one attached hydrogen (secondary N) is 1. The summed E-state index contributed by atoms with van der Waals surface area (Å²) in [6.07, 6.45) is 9.77. The monoisotopic (exact) mass is 343 g/mol. The number of hydrogen-bond acceptors (Lipinski definition) is 5. The molecule has 0 spiro atoms. The van der Waals surface area contributed by atoms with Gasteiger partial charge in [0, 0.05) is 58.1 Å². The average Bonchev–Trinajstić information content (AvgIpc) is 3.26. The Bertz CT molecular complexity index is 572. The predicted molar refractivity (Wildman–Crippen MR) is 97.2 cm³/mol. The molecule has 1 aliphatic heterocycles. The normalized spacial score (nSPS) is 29.1. The number of hydrogen-bond donors (Lipinski definition) is 1. The van der Waals surface area contributed by atoms with Crippen LogP contribution in [0.3, 0.4) is 0 Å². The van der Waals surface area contributed by atoms with E-state index in [4.69, 9.17) is 0 Å². The van der Waals surface area contributed by atoms with Gasteiger partial charge in [0.25, 0.3) is 0 Å². The van der Waals surface area contributed by atoms with Gasteiger partial charge in [-0.2, -0.15) is 0 Å². The maximum absolute atomic E-state index is 12.2. The summed E-state index contributed by atoms with van der Waals surface area (Å²) in [6, 6.07) is 1.85. The van der Waals surface area contributed by atoms with Crippen molar-refractivity contribution >= 4 is 11.9 Å². The molecule has 6 heteroatoms. The second kappa shape index (κ2) is 7.68. The standard InChI is InChI=1S/C19H29N5O/c25-18(14-17-13-15-2-3-16(17)12-15)20-6-7-23-8-10-24(11-9-23)19-21-4-1-5-22-19/h1,4-5,15-17H,2-3,6-14H2,(H,20,25). The number of piperazine rings is 1. The van der Waals surface area contributed by atoms with Gasteiger partial charge in [-0.25, -0.2) is 9.97 Å². The minimum absolute atomic E-state index is 0.258. The minimum Gasteiger partial charge on any atom is -0.355 e. The van der Waals surface area contributed by atoms with Crippen LogP contribution in [-0.2, 0) is 4.79 Å². The molecular formula is C19H29N5O. The van der Waals surface area contributed by atoms with Gasteiger partial charge < -0.3 is 10.2 Å².